The van der Waals surface area contributed by atoms with E-state index in [0.717, 1.165) is 16.8 Å². The zero-order valence-corrected chi connectivity index (χ0v) is 17.5. The number of amides is 1. The Morgan fingerprint density at radius 2 is 1.58 bits per heavy atom. The molecule has 0 N–H and O–H groups in total. The van der Waals surface area contributed by atoms with Gasteiger partial charge in [0.25, 0.3) is 5.91 Å². The Bertz CT molecular complexity index is 1070. The zero-order valence-electron chi connectivity index (χ0n) is 17.5. The Hall–Kier alpha value is -3.74. The van der Waals surface area contributed by atoms with Crippen LogP contribution in [0.3, 0.4) is 0 Å². The molecular weight excluding hydrogens is 396 g/mol. The maximum absolute atomic E-state index is 12.6. The second kappa shape index (κ2) is 8.95. The highest BCUT2D eigenvalue weighted by Gasteiger charge is 2.23. The van der Waals surface area contributed by atoms with E-state index < -0.39 is 5.97 Å². The Kier molecular flexibility index (Phi) is 5.93. The minimum Gasteiger partial charge on any atom is -0.493 e. The summed E-state index contributed by atoms with van der Waals surface area (Å²) in [7, 11) is 3.19. The predicted molar refractivity (Wildman–Crippen MR) is 115 cm³/mol. The smallest absolute Gasteiger partial charge is 0.338 e. The van der Waals surface area contributed by atoms with Gasteiger partial charge in [-0.2, -0.15) is 0 Å². The fourth-order valence-corrected chi connectivity index (χ4v) is 3.67. The van der Waals surface area contributed by atoms with Crippen LogP contribution in [0.15, 0.2) is 60.9 Å². The van der Waals surface area contributed by atoms with Gasteiger partial charge >= 0.3 is 5.97 Å². The summed E-state index contributed by atoms with van der Waals surface area (Å²) in [6, 6.07) is 14.8. The number of esters is 1. The van der Waals surface area contributed by atoms with E-state index in [1.807, 2.05) is 53.4 Å². The summed E-state index contributed by atoms with van der Waals surface area (Å²) in [4.78, 5) is 26.7. The molecule has 2 aromatic carbocycles. The fraction of sp³-hybridized carbons (Fsp3) is 0.250. The minimum absolute atomic E-state index is 0.224. The molecule has 0 saturated carbocycles. The molecule has 1 amide bonds. The third-order valence-electron chi connectivity index (χ3n) is 5.40. The number of nitrogens with zero attached hydrogens (tertiary/aromatic N) is 2. The number of ether oxygens (including phenoxy) is 3. The first-order chi connectivity index (χ1) is 15.1. The van der Waals surface area contributed by atoms with E-state index in [2.05, 4.69) is 0 Å². The lowest BCUT2D eigenvalue weighted by Gasteiger charge is -2.29. The van der Waals surface area contributed by atoms with E-state index in [0.29, 0.717) is 36.6 Å². The Morgan fingerprint density at radius 1 is 0.935 bits per heavy atom. The van der Waals surface area contributed by atoms with Crippen LogP contribution in [0.25, 0.3) is 5.69 Å². The summed E-state index contributed by atoms with van der Waals surface area (Å²) in [6.07, 6.45) is 4.55. The second-order valence-electron chi connectivity index (χ2n) is 7.25. The van der Waals surface area contributed by atoms with Crippen molar-refractivity contribution < 1.29 is 23.8 Å². The number of fused-ring (bicyclic) bond motifs is 1. The quantitative estimate of drug-likeness (QED) is 0.573. The van der Waals surface area contributed by atoms with Crippen molar-refractivity contribution in [2.24, 2.45) is 0 Å². The SMILES string of the molecule is COc1cc2c(cc1OC)CN(C(=O)COC(=O)c1ccc(-n3cccc3)cc1)CC2. The molecule has 3 aromatic rings. The lowest BCUT2D eigenvalue weighted by atomic mass is 9.99. The maximum Gasteiger partial charge on any atom is 0.338 e. The molecule has 0 atom stereocenters. The highest BCUT2D eigenvalue weighted by molar-refractivity contribution is 5.91. The number of methoxy groups -OCH3 is 2. The van der Waals surface area contributed by atoms with Gasteiger partial charge in [-0.15, -0.1) is 0 Å². The lowest BCUT2D eigenvalue weighted by Crippen LogP contribution is -2.38. The summed E-state index contributed by atoms with van der Waals surface area (Å²) in [5.41, 5.74) is 3.48. The molecule has 2 heterocycles. The van der Waals surface area contributed by atoms with E-state index in [9.17, 15) is 9.59 Å². The topological polar surface area (TPSA) is 70.0 Å². The lowest BCUT2D eigenvalue weighted by molar-refractivity contribution is -0.135. The summed E-state index contributed by atoms with van der Waals surface area (Å²) in [5.74, 6) is 0.567. The van der Waals surface area contributed by atoms with Gasteiger partial charge in [-0.05, 0) is 66.1 Å². The minimum atomic E-state index is -0.517. The highest BCUT2D eigenvalue weighted by Crippen LogP contribution is 2.33. The standard InChI is InChI=1S/C24H24N2O5/c1-29-21-13-18-9-12-26(15-19(18)14-22(21)30-2)23(27)16-31-24(28)17-5-7-20(8-6-17)25-10-3-4-11-25/h3-8,10-11,13-14H,9,12,15-16H2,1-2H3. The number of carbonyl (C=O) groups excluding carboxylic acids is 2. The molecule has 0 bridgehead atoms. The maximum atomic E-state index is 12.6. The van der Waals surface area contributed by atoms with E-state index in [4.69, 9.17) is 14.2 Å². The first kappa shape index (κ1) is 20.5. The van der Waals surface area contributed by atoms with Crippen LogP contribution in [-0.2, 0) is 22.5 Å². The molecule has 4 rings (SSSR count). The molecule has 1 aliphatic heterocycles. The van der Waals surface area contributed by atoms with Gasteiger partial charge < -0.3 is 23.7 Å². The molecule has 0 fully saturated rings. The molecule has 0 saturated heterocycles. The first-order valence-corrected chi connectivity index (χ1v) is 10.0. The van der Waals surface area contributed by atoms with Crippen LogP contribution in [0.1, 0.15) is 21.5 Å². The summed E-state index contributed by atoms with van der Waals surface area (Å²) in [6.45, 7) is 0.711. The van der Waals surface area contributed by atoms with Crippen molar-refractivity contribution in [3.05, 3.63) is 77.6 Å². The number of rotatable bonds is 6. The highest BCUT2D eigenvalue weighted by atomic mass is 16.5. The monoisotopic (exact) mass is 420 g/mol. The Morgan fingerprint density at radius 3 is 2.23 bits per heavy atom. The summed E-state index contributed by atoms with van der Waals surface area (Å²) >= 11 is 0. The molecule has 1 aromatic heterocycles. The second-order valence-corrected chi connectivity index (χ2v) is 7.25. The van der Waals surface area contributed by atoms with Gasteiger partial charge in [0.15, 0.2) is 18.1 Å². The van der Waals surface area contributed by atoms with Crippen molar-refractivity contribution in [1.82, 2.24) is 9.47 Å². The average Bonchev–Trinajstić information content (AvgIpc) is 3.36. The number of aromatic nitrogens is 1. The van der Waals surface area contributed by atoms with Gasteiger partial charge in [-0.25, -0.2) is 4.79 Å². The van der Waals surface area contributed by atoms with Crippen LogP contribution in [0.4, 0.5) is 0 Å². The molecule has 31 heavy (non-hydrogen) atoms. The average molecular weight is 420 g/mol. The largest absolute Gasteiger partial charge is 0.493 e. The molecule has 7 nitrogen and oxygen atoms in total. The summed E-state index contributed by atoms with van der Waals surface area (Å²) < 4.78 is 17.9. The molecule has 0 radical (unpaired) electrons. The third-order valence-corrected chi connectivity index (χ3v) is 5.40. The van der Waals surface area contributed by atoms with Gasteiger partial charge in [0.2, 0.25) is 0 Å². The fourth-order valence-electron chi connectivity index (χ4n) is 3.67. The Balaban J connectivity index is 1.35. The van der Waals surface area contributed by atoms with Crippen molar-refractivity contribution in [1.29, 1.82) is 0 Å². The van der Waals surface area contributed by atoms with Crippen LogP contribution in [0, 0.1) is 0 Å². The van der Waals surface area contributed by atoms with Crippen molar-refractivity contribution in [3.8, 4) is 17.2 Å². The van der Waals surface area contributed by atoms with Gasteiger partial charge in [0.1, 0.15) is 0 Å². The van der Waals surface area contributed by atoms with Gasteiger partial charge in [0.05, 0.1) is 19.8 Å². The summed E-state index contributed by atoms with van der Waals surface area (Å²) in [5, 5.41) is 0. The predicted octanol–water partition coefficient (Wildman–Crippen LogP) is 3.24. The van der Waals surface area contributed by atoms with E-state index in [-0.39, 0.29) is 12.5 Å². The van der Waals surface area contributed by atoms with Crippen LogP contribution in [0.5, 0.6) is 11.5 Å². The van der Waals surface area contributed by atoms with Crippen LogP contribution in [0.2, 0.25) is 0 Å². The molecule has 160 valence electrons. The molecule has 0 unspecified atom stereocenters. The van der Waals surface area contributed by atoms with Crippen molar-refractivity contribution in [2.75, 3.05) is 27.4 Å². The number of hydrogen-bond acceptors (Lipinski definition) is 5. The molecule has 1 aliphatic rings. The van der Waals surface area contributed by atoms with Crippen molar-refractivity contribution in [2.45, 2.75) is 13.0 Å². The van der Waals surface area contributed by atoms with E-state index in [1.54, 1.807) is 31.3 Å². The van der Waals surface area contributed by atoms with Crippen molar-refractivity contribution >= 4 is 11.9 Å². The number of carbonyl (C=O) groups is 2. The van der Waals surface area contributed by atoms with Gasteiger partial charge in [-0.3, -0.25) is 4.79 Å². The van der Waals surface area contributed by atoms with Crippen LogP contribution < -0.4 is 9.47 Å². The Labute approximate surface area is 180 Å². The third kappa shape index (κ3) is 4.40. The number of hydrogen-bond donors (Lipinski definition) is 0. The molecule has 0 aliphatic carbocycles. The van der Waals surface area contributed by atoms with Crippen molar-refractivity contribution in [3.63, 3.8) is 0 Å². The van der Waals surface area contributed by atoms with E-state index in [1.165, 1.54) is 0 Å². The zero-order chi connectivity index (χ0) is 21.8. The van der Waals surface area contributed by atoms with Crippen LogP contribution >= 0.6 is 0 Å². The normalized spacial score (nSPS) is 12.8. The molecular formula is C24H24N2O5. The number of benzene rings is 2. The van der Waals surface area contributed by atoms with Crippen LogP contribution in [-0.4, -0.2) is 48.7 Å². The van der Waals surface area contributed by atoms with Gasteiger partial charge in [-0.1, -0.05) is 0 Å². The molecule has 0 spiro atoms. The van der Waals surface area contributed by atoms with Gasteiger partial charge in [0, 0.05) is 31.2 Å². The van der Waals surface area contributed by atoms with E-state index >= 15 is 0 Å². The first-order valence-electron chi connectivity index (χ1n) is 10.0. The molecule has 7 heteroatoms.